The fourth-order valence-corrected chi connectivity index (χ4v) is 2.33. The molecule has 0 saturated carbocycles. The number of nitrogens with one attached hydrogen (secondary N) is 2. The molecule has 0 aliphatic heterocycles. The Morgan fingerprint density at radius 2 is 1.06 bits per heavy atom. The van der Waals surface area contributed by atoms with Gasteiger partial charge in [-0.15, -0.1) is 0 Å². The third kappa shape index (κ3) is 22.5. The van der Waals surface area contributed by atoms with Gasteiger partial charge in [0.1, 0.15) is 23.3 Å². The van der Waals surface area contributed by atoms with Gasteiger partial charge in [-0.25, -0.2) is 19.2 Å². The van der Waals surface area contributed by atoms with Gasteiger partial charge in [-0.3, -0.25) is 4.79 Å². The third-order valence-electron chi connectivity index (χ3n) is 3.76. The third-order valence-corrected chi connectivity index (χ3v) is 3.76. The van der Waals surface area contributed by atoms with Crippen molar-refractivity contribution in [3.63, 3.8) is 0 Å². The number of amides is 2. The molecule has 13 nitrogen and oxygen atoms in total. The van der Waals surface area contributed by atoms with Gasteiger partial charge in [0.25, 0.3) is 0 Å². The molecular weight excluding hydrogens is 468 g/mol. The second-order valence-electron chi connectivity index (χ2n) is 9.58. The van der Waals surface area contributed by atoms with E-state index in [-0.39, 0.29) is 32.3 Å². The summed E-state index contributed by atoms with van der Waals surface area (Å²) in [6.45, 7) is 10.1. The highest BCUT2D eigenvalue weighted by Crippen LogP contribution is 2.09. The fraction of sp³-hybridized carbons (Fsp3) is 0.773. The molecule has 0 bridgehead atoms. The number of carboxylic acid groups (broad SMARTS) is 3. The van der Waals surface area contributed by atoms with Gasteiger partial charge in [-0.1, -0.05) is 0 Å². The highest BCUT2D eigenvalue weighted by Gasteiger charge is 2.24. The lowest BCUT2D eigenvalue weighted by Gasteiger charge is -2.21. The van der Waals surface area contributed by atoms with E-state index in [9.17, 15) is 24.0 Å². The number of rotatable bonds is 12. The first-order valence-corrected chi connectivity index (χ1v) is 11.1. The van der Waals surface area contributed by atoms with E-state index < -0.39 is 53.4 Å². The number of hydrogen-bond donors (Lipinski definition) is 6. The lowest BCUT2D eigenvalue weighted by Crippen LogP contribution is -2.43. The van der Waals surface area contributed by atoms with Gasteiger partial charge in [0.15, 0.2) is 0 Å². The van der Waals surface area contributed by atoms with Gasteiger partial charge in [-0.2, -0.15) is 0 Å². The van der Waals surface area contributed by atoms with Crippen LogP contribution in [0.1, 0.15) is 80.1 Å². The molecule has 0 aliphatic carbocycles. The zero-order valence-electron chi connectivity index (χ0n) is 21.3. The highest BCUT2D eigenvalue weighted by atomic mass is 16.6. The Morgan fingerprint density at radius 1 is 0.686 bits per heavy atom. The summed E-state index contributed by atoms with van der Waals surface area (Å²) in [5.74, 6) is -3.32. The Morgan fingerprint density at radius 3 is 1.34 bits per heavy atom. The Bertz CT molecular complexity index is 696. The van der Waals surface area contributed by atoms with E-state index in [4.69, 9.17) is 29.9 Å². The number of unbranched alkanes of at least 4 members (excludes halogenated alkanes) is 1. The zero-order chi connectivity index (χ0) is 27.8. The lowest BCUT2D eigenvalue weighted by molar-refractivity contribution is -0.141. The maximum Gasteiger partial charge on any atom is 0.408 e. The van der Waals surface area contributed by atoms with Crippen molar-refractivity contribution in [2.45, 2.75) is 103 Å². The summed E-state index contributed by atoms with van der Waals surface area (Å²) in [6.07, 6.45) is -0.180. The first-order chi connectivity index (χ1) is 15.9. The number of aliphatic hydroxyl groups excluding tert-OH is 1. The predicted molar refractivity (Wildman–Crippen MR) is 124 cm³/mol. The Kier molecular flexibility index (Phi) is 16.1. The summed E-state index contributed by atoms with van der Waals surface area (Å²) in [5.41, 5.74) is -1.37. The molecule has 0 rings (SSSR count). The minimum absolute atomic E-state index is 0.0127. The van der Waals surface area contributed by atoms with Crippen molar-refractivity contribution in [3.05, 3.63) is 0 Å². The zero-order valence-corrected chi connectivity index (χ0v) is 21.3. The molecule has 0 aromatic rings. The standard InChI is InChI=1S/C11H19NO6.C11H21NO5/c1-11(2,3)18-10(17)12-7(9(15)16)5-4-6-8(13)14;1-11(2,3)17-10(16)12-8(9(14)15)6-4-5-7-13/h7H,4-6H2,1-3H3,(H,12,17)(H,13,14)(H,15,16);8,13H,4-7H2,1-3H3,(H,12,16)(H,14,15)/t7-;8-/m11/s1. The number of carbonyl (C=O) groups excluding carboxylic acids is 2. The second-order valence-corrected chi connectivity index (χ2v) is 9.58. The number of alkyl carbamates (subject to hydrolysis) is 2. The summed E-state index contributed by atoms with van der Waals surface area (Å²) < 4.78 is 9.88. The van der Waals surface area contributed by atoms with Crippen LogP contribution in [0.4, 0.5) is 9.59 Å². The fourth-order valence-electron chi connectivity index (χ4n) is 2.33. The second kappa shape index (κ2) is 16.5. The van der Waals surface area contributed by atoms with E-state index in [1.54, 1.807) is 41.5 Å². The van der Waals surface area contributed by atoms with Crippen LogP contribution >= 0.6 is 0 Å². The molecule has 0 aliphatic rings. The van der Waals surface area contributed by atoms with Gasteiger partial charge < -0.3 is 40.5 Å². The maximum atomic E-state index is 11.4. The van der Waals surface area contributed by atoms with Gasteiger partial charge >= 0.3 is 30.1 Å². The van der Waals surface area contributed by atoms with Crippen LogP contribution in [-0.2, 0) is 23.9 Å². The average Bonchev–Trinajstić information content (AvgIpc) is 2.63. The highest BCUT2D eigenvalue weighted by molar-refractivity contribution is 5.80. The summed E-state index contributed by atoms with van der Waals surface area (Å²) in [4.78, 5) is 54.7. The van der Waals surface area contributed by atoms with E-state index in [0.717, 1.165) is 0 Å². The Hall–Kier alpha value is -3.09. The Balaban J connectivity index is 0. The van der Waals surface area contributed by atoms with Gasteiger partial charge in [0, 0.05) is 13.0 Å². The number of aliphatic hydroxyl groups is 1. The van der Waals surface area contributed by atoms with Crippen LogP contribution in [0, 0.1) is 0 Å². The monoisotopic (exact) mass is 508 g/mol. The number of hydrogen-bond acceptors (Lipinski definition) is 8. The summed E-state index contributed by atoms with van der Waals surface area (Å²) in [7, 11) is 0. The van der Waals surface area contributed by atoms with Crippen LogP contribution in [0.2, 0.25) is 0 Å². The number of carboxylic acids is 3. The average molecular weight is 509 g/mol. The minimum atomic E-state index is -1.22. The van der Waals surface area contributed by atoms with Gasteiger partial charge in [0.05, 0.1) is 0 Å². The normalized spacial score (nSPS) is 12.8. The molecule has 0 unspecified atom stereocenters. The molecule has 2 amide bonds. The predicted octanol–water partition coefficient (Wildman–Crippen LogP) is 2.35. The van der Waals surface area contributed by atoms with Crippen LogP contribution < -0.4 is 10.6 Å². The van der Waals surface area contributed by atoms with E-state index >= 15 is 0 Å². The molecular formula is C22H40N2O11. The van der Waals surface area contributed by atoms with Gasteiger partial charge in [-0.05, 0) is 73.6 Å². The minimum Gasteiger partial charge on any atom is -0.481 e. The van der Waals surface area contributed by atoms with Crippen LogP contribution in [0.5, 0.6) is 0 Å². The Labute approximate surface area is 205 Å². The number of carbonyl (C=O) groups is 5. The van der Waals surface area contributed by atoms with Crippen molar-refractivity contribution in [2.24, 2.45) is 0 Å². The van der Waals surface area contributed by atoms with Crippen molar-refractivity contribution in [2.75, 3.05) is 6.61 Å². The lowest BCUT2D eigenvalue weighted by atomic mass is 10.1. The van der Waals surface area contributed by atoms with Crippen LogP contribution in [0.25, 0.3) is 0 Å². The molecule has 6 N–H and O–H groups in total. The van der Waals surface area contributed by atoms with Crippen LogP contribution in [-0.4, -0.2) is 80.4 Å². The smallest absolute Gasteiger partial charge is 0.408 e. The van der Waals surface area contributed by atoms with E-state index in [1.165, 1.54) is 0 Å². The summed E-state index contributed by atoms with van der Waals surface area (Å²) in [6, 6.07) is -2.12. The molecule has 0 spiro atoms. The molecule has 0 radical (unpaired) electrons. The van der Waals surface area contributed by atoms with Crippen LogP contribution in [0.3, 0.4) is 0 Å². The molecule has 0 aromatic heterocycles. The summed E-state index contributed by atoms with van der Waals surface area (Å²) >= 11 is 0. The molecule has 0 saturated heterocycles. The van der Waals surface area contributed by atoms with E-state index in [2.05, 4.69) is 10.6 Å². The van der Waals surface area contributed by atoms with E-state index in [1.807, 2.05) is 0 Å². The molecule has 13 heteroatoms. The van der Waals surface area contributed by atoms with Crippen molar-refractivity contribution in [1.82, 2.24) is 10.6 Å². The first kappa shape index (κ1) is 34.1. The molecule has 0 fully saturated rings. The SMILES string of the molecule is CC(C)(C)OC(=O)N[C@H](CCCC(=O)O)C(=O)O.CC(C)(C)OC(=O)N[C@H](CCCCO)C(=O)O. The molecule has 0 aromatic carbocycles. The number of ether oxygens (including phenoxy) is 2. The molecule has 2 atom stereocenters. The quantitative estimate of drug-likeness (QED) is 0.211. The van der Waals surface area contributed by atoms with Crippen molar-refractivity contribution >= 4 is 30.1 Å². The van der Waals surface area contributed by atoms with Crippen molar-refractivity contribution in [3.8, 4) is 0 Å². The molecule has 0 heterocycles. The largest absolute Gasteiger partial charge is 0.481 e. The molecule has 35 heavy (non-hydrogen) atoms. The number of aliphatic carboxylic acids is 3. The van der Waals surface area contributed by atoms with Gasteiger partial charge in [0.2, 0.25) is 0 Å². The topological polar surface area (TPSA) is 209 Å². The van der Waals surface area contributed by atoms with Crippen molar-refractivity contribution < 1.29 is 53.9 Å². The van der Waals surface area contributed by atoms with E-state index in [0.29, 0.717) is 12.8 Å². The molecule has 204 valence electrons. The maximum absolute atomic E-state index is 11.4. The van der Waals surface area contributed by atoms with Crippen molar-refractivity contribution in [1.29, 1.82) is 0 Å². The van der Waals surface area contributed by atoms with Crippen LogP contribution in [0.15, 0.2) is 0 Å². The first-order valence-electron chi connectivity index (χ1n) is 11.1. The summed E-state index contributed by atoms with van der Waals surface area (Å²) in [5, 5.41) is 39.3.